The molecule has 30 heavy (non-hydrogen) atoms. The number of hydrogen-bond donors (Lipinski definition) is 1. The maximum atomic E-state index is 13.0. The number of carbonyl (C=O) groups is 2. The third-order valence-corrected chi connectivity index (χ3v) is 6.56. The number of carbonyl (C=O) groups excluding carboxylic acids is 2. The molecule has 0 saturated heterocycles. The molecule has 0 fully saturated rings. The molecule has 0 heterocycles. The predicted molar refractivity (Wildman–Crippen MR) is 127 cm³/mol. The molecule has 1 atom stereocenters. The second-order valence-corrected chi connectivity index (χ2v) is 9.17. The SMILES string of the molecule is CCNC(=O)[C@@H](C)N(Cc1ccc(Cl)c(Cl)c1)C(=O)CCCSc1ccc(Cl)cc1. The Balaban J connectivity index is 2.00. The van der Waals surface area contributed by atoms with Gasteiger partial charge in [0.15, 0.2) is 0 Å². The summed E-state index contributed by atoms with van der Waals surface area (Å²) in [7, 11) is 0. The fourth-order valence-corrected chi connectivity index (χ4v) is 4.13. The zero-order valence-electron chi connectivity index (χ0n) is 17.0. The molecule has 162 valence electrons. The van der Waals surface area contributed by atoms with E-state index in [9.17, 15) is 9.59 Å². The smallest absolute Gasteiger partial charge is 0.242 e. The molecule has 4 nitrogen and oxygen atoms in total. The van der Waals surface area contributed by atoms with Crippen LogP contribution < -0.4 is 5.32 Å². The van der Waals surface area contributed by atoms with Crippen LogP contribution in [0.5, 0.6) is 0 Å². The monoisotopic (exact) mass is 486 g/mol. The molecule has 0 bridgehead atoms. The van der Waals surface area contributed by atoms with Gasteiger partial charge in [-0.2, -0.15) is 0 Å². The van der Waals surface area contributed by atoms with Crippen LogP contribution in [0.1, 0.15) is 32.3 Å². The van der Waals surface area contributed by atoms with Gasteiger partial charge in [-0.25, -0.2) is 0 Å². The van der Waals surface area contributed by atoms with Crippen LogP contribution in [0.25, 0.3) is 0 Å². The number of thioether (sulfide) groups is 1. The Morgan fingerprint density at radius 2 is 1.77 bits per heavy atom. The molecule has 0 aliphatic rings. The first-order valence-corrected chi connectivity index (χ1v) is 11.8. The molecule has 2 aromatic rings. The van der Waals surface area contributed by atoms with Crippen LogP contribution >= 0.6 is 46.6 Å². The van der Waals surface area contributed by atoms with Crippen LogP contribution in [0.15, 0.2) is 47.4 Å². The molecular weight excluding hydrogens is 463 g/mol. The Hall–Kier alpha value is -1.40. The summed E-state index contributed by atoms with van der Waals surface area (Å²) in [6.45, 7) is 4.39. The second kappa shape index (κ2) is 12.5. The largest absolute Gasteiger partial charge is 0.355 e. The van der Waals surface area contributed by atoms with E-state index in [0.717, 1.165) is 16.2 Å². The van der Waals surface area contributed by atoms with Gasteiger partial charge in [0.2, 0.25) is 11.8 Å². The third kappa shape index (κ3) is 7.69. The molecule has 8 heteroatoms. The lowest BCUT2D eigenvalue weighted by Gasteiger charge is -2.29. The van der Waals surface area contributed by atoms with Gasteiger partial charge in [0.1, 0.15) is 6.04 Å². The van der Waals surface area contributed by atoms with Crippen LogP contribution in [0.4, 0.5) is 0 Å². The van der Waals surface area contributed by atoms with Crippen LogP contribution in [-0.2, 0) is 16.1 Å². The van der Waals surface area contributed by atoms with Crippen LogP contribution in [-0.4, -0.2) is 35.1 Å². The molecule has 0 aliphatic carbocycles. The average molecular weight is 488 g/mol. The van der Waals surface area contributed by atoms with Gasteiger partial charge in [0, 0.05) is 29.4 Å². The van der Waals surface area contributed by atoms with Gasteiger partial charge < -0.3 is 10.2 Å². The van der Waals surface area contributed by atoms with E-state index in [1.54, 1.807) is 35.7 Å². The van der Waals surface area contributed by atoms with Crippen molar-refractivity contribution in [2.75, 3.05) is 12.3 Å². The summed E-state index contributed by atoms with van der Waals surface area (Å²) in [5.41, 5.74) is 0.824. The number of nitrogens with one attached hydrogen (secondary N) is 1. The number of halogens is 3. The number of amides is 2. The lowest BCUT2D eigenvalue weighted by molar-refractivity contribution is -0.140. The topological polar surface area (TPSA) is 49.4 Å². The highest BCUT2D eigenvalue weighted by molar-refractivity contribution is 7.99. The molecule has 0 aliphatic heterocycles. The molecule has 2 aromatic carbocycles. The van der Waals surface area contributed by atoms with Crippen molar-refractivity contribution in [2.45, 2.75) is 44.2 Å². The summed E-state index contributed by atoms with van der Waals surface area (Å²) >= 11 is 19.7. The summed E-state index contributed by atoms with van der Waals surface area (Å²) in [4.78, 5) is 28.0. The molecule has 0 spiro atoms. The third-order valence-electron chi connectivity index (χ3n) is 4.47. The van der Waals surface area contributed by atoms with Gasteiger partial charge in [0.05, 0.1) is 10.0 Å². The minimum Gasteiger partial charge on any atom is -0.355 e. The standard InChI is InChI=1S/C22H25Cl3N2O2S/c1-3-26-22(29)15(2)27(14-16-6-11-19(24)20(25)13-16)21(28)5-4-12-30-18-9-7-17(23)8-10-18/h6-11,13,15H,3-5,12,14H2,1-2H3,(H,26,29)/t15-/m1/s1. The number of likely N-dealkylation sites (N-methyl/N-ethyl adjacent to an activating group) is 1. The van der Waals surface area contributed by atoms with Crippen molar-refractivity contribution in [3.8, 4) is 0 Å². The van der Waals surface area contributed by atoms with E-state index >= 15 is 0 Å². The fraction of sp³-hybridized carbons (Fsp3) is 0.364. The van der Waals surface area contributed by atoms with Crippen LogP contribution in [0.2, 0.25) is 15.1 Å². The summed E-state index contributed by atoms with van der Waals surface area (Å²) in [5.74, 6) is 0.543. The molecule has 0 aromatic heterocycles. The highest BCUT2D eigenvalue weighted by Gasteiger charge is 2.25. The Bertz CT molecular complexity index is 862. The van der Waals surface area contributed by atoms with E-state index in [2.05, 4.69) is 5.32 Å². The van der Waals surface area contributed by atoms with E-state index in [0.29, 0.717) is 41.0 Å². The van der Waals surface area contributed by atoms with Gasteiger partial charge in [0.25, 0.3) is 0 Å². The van der Waals surface area contributed by atoms with Crippen molar-refractivity contribution in [2.24, 2.45) is 0 Å². The van der Waals surface area contributed by atoms with Crippen molar-refractivity contribution in [1.29, 1.82) is 0 Å². The fourth-order valence-electron chi connectivity index (χ4n) is 2.83. The summed E-state index contributed by atoms with van der Waals surface area (Å²) in [6.07, 6.45) is 1.05. The number of hydrogen-bond acceptors (Lipinski definition) is 3. The quantitative estimate of drug-likeness (QED) is 0.327. The molecule has 0 unspecified atom stereocenters. The number of nitrogens with zero attached hydrogens (tertiary/aromatic N) is 1. The van der Waals surface area contributed by atoms with Gasteiger partial charge in [-0.05, 0) is 68.0 Å². The molecule has 1 N–H and O–H groups in total. The van der Waals surface area contributed by atoms with Gasteiger partial charge in [-0.15, -0.1) is 11.8 Å². The van der Waals surface area contributed by atoms with Crippen molar-refractivity contribution in [3.63, 3.8) is 0 Å². The molecule has 0 radical (unpaired) electrons. The van der Waals surface area contributed by atoms with Gasteiger partial charge >= 0.3 is 0 Å². The molecular formula is C22H25Cl3N2O2S. The van der Waals surface area contributed by atoms with E-state index in [1.807, 2.05) is 37.3 Å². The molecule has 0 saturated carbocycles. The maximum absolute atomic E-state index is 13.0. The lowest BCUT2D eigenvalue weighted by Crippen LogP contribution is -2.47. The Labute approximate surface area is 197 Å². The summed E-state index contributed by atoms with van der Waals surface area (Å²) in [5, 5.41) is 4.36. The Morgan fingerprint density at radius 3 is 2.40 bits per heavy atom. The average Bonchev–Trinajstić information content (AvgIpc) is 2.72. The number of benzene rings is 2. The van der Waals surface area contributed by atoms with Crippen LogP contribution in [0, 0.1) is 0 Å². The van der Waals surface area contributed by atoms with E-state index in [-0.39, 0.29) is 11.8 Å². The highest BCUT2D eigenvalue weighted by Crippen LogP contribution is 2.25. The Kier molecular flexibility index (Phi) is 10.3. The zero-order valence-corrected chi connectivity index (χ0v) is 20.0. The molecule has 2 amide bonds. The summed E-state index contributed by atoms with van der Waals surface area (Å²) < 4.78 is 0. The van der Waals surface area contributed by atoms with Crippen molar-refractivity contribution >= 4 is 58.4 Å². The van der Waals surface area contributed by atoms with Gasteiger partial charge in [-0.3, -0.25) is 9.59 Å². The lowest BCUT2D eigenvalue weighted by atomic mass is 10.1. The Morgan fingerprint density at radius 1 is 1.07 bits per heavy atom. The first-order valence-electron chi connectivity index (χ1n) is 9.71. The normalized spacial score (nSPS) is 11.8. The van der Waals surface area contributed by atoms with Crippen LogP contribution in [0.3, 0.4) is 0 Å². The molecule has 2 rings (SSSR count). The van der Waals surface area contributed by atoms with Gasteiger partial charge in [-0.1, -0.05) is 40.9 Å². The minimum absolute atomic E-state index is 0.0727. The summed E-state index contributed by atoms with van der Waals surface area (Å²) in [6, 6.07) is 12.3. The maximum Gasteiger partial charge on any atom is 0.242 e. The second-order valence-electron chi connectivity index (χ2n) is 6.75. The number of rotatable bonds is 10. The first kappa shape index (κ1) is 24.9. The van der Waals surface area contributed by atoms with E-state index in [1.165, 1.54) is 0 Å². The minimum atomic E-state index is -0.587. The van der Waals surface area contributed by atoms with E-state index < -0.39 is 6.04 Å². The van der Waals surface area contributed by atoms with Crippen molar-refractivity contribution in [3.05, 3.63) is 63.1 Å². The van der Waals surface area contributed by atoms with Crippen molar-refractivity contribution in [1.82, 2.24) is 10.2 Å². The highest BCUT2D eigenvalue weighted by atomic mass is 35.5. The zero-order chi connectivity index (χ0) is 22.1. The van der Waals surface area contributed by atoms with E-state index in [4.69, 9.17) is 34.8 Å². The first-order chi connectivity index (χ1) is 14.3. The predicted octanol–water partition coefficient (Wildman–Crippen LogP) is 6.07. The van der Waals surface area contributed by atoms with Crippen molar-refractivity contribution < 1.29 is 9.59 Å².